The first-order chi connectivity index (χ1) is 11.2. The Morgan fingerprint density at radius 1 is 1.38 bits per heavy atom. The smallest absolute Gasteiger partial charge is 0.410 e. The monoisotopic (exact) mass is 400 g/mol. The number of halogens is 2. The summed E-state index contributed by atoms with van der Waals surface area (Å²) in [5, 5.41) is 0. The number of carbonyl (C=O) groups is 1. The van der Waals surface area contributed by atoms with Crippen molar-refractivity contribution in [1.29, 1.82) is 0 Å². The Bertz CT molecular complexity index is 589. The van der Waals surface area contributed by atoms with Gasteiger partial charge in [-0.25, -0.2) is 9.18 Å². The number of amides is 1. The van der Waals surface area contributed by atoms with Crippen LogP contribution in [0.15, 0.2) is 22.7 Å². The van der Waals surface area contributed by atoms with Gasteiger partial charge in [0.05, 0.1) is 0 Å². The van der Waals surface area contributed by atoms with Crippen molar-refractivity contribution in [2.75, 3.05) is 26.2 Å². The summed E-state index contributed by atoms with van der Waals surface area (Å²) in [6.07, 6.45) is 0.397. The van der Waals surface area contributed by atoms with Crippen molar-refractivity contribution in [3.05, 3.63) is 34.1 Å². The van der Waals surface area contributed by atoms with E-state index in [1.54, 1.807) is 11.0 Å². The summed E-state index contributed by atoms with van der Waals surface area (Å²) in [6, 6.07) is 5.25. The van der Waals surface area contributed by atoms with Gasteiger partial charge in [-0.05, 0) is 57.9 Å². The van der Waals surface area contributed by atoms with E-state index in [-0.39, 0.29) is 18.0 Å². The highest BCUT2D eigenvalue weighted by Crippen LogP contribution is 2.18. The number of hydrogen-bond acceptors (Lipinski definition) is 3. The van der Waals surface area contributed by atoms with E-state index in [9.17, 15) is 9.18 Å². The summed E-state index contributed by atoms with van der Waals surface area (Å²) in [5.41, 5.74) is 0.238. The molecule has 0 aromatic heterocycles. The fourth-order valence-corrected chi connectivity index (χ4v) is 3.23. The molecule has 134 valence electrons. The molecule has 1 aromatic carbocycles. The van der Waals surface area contributed by atoms with Gasteiger partial charge >= 0.3 is 6.09 Å². The fourth-order valence-electron chi connectivity index (χ4n) is 2.82. The van der Waals surface area contributed by atoms with Gasteiger partial charge in [-0.1, -0.05) is 15.9 Å². The standard InChI is InChI=1S/C18H26BrFN2O2/c1-13-12-22(17(23)24-18(2,3)4)10-9-21(13)8-7-14-11-15(19)5-6-16(14)20/h5-6,11,13H,7-10,12H2,1-4H3/t13-/m0/s1. The Balaban J connectivity index is 1.87. The molecule has 1 atom stereocenters. The quantitative estimate of drug-likeness (QED) is 0.766. The zero-order chi connectivity index (χ0) is 17.9. The number of nitrogens with zero attached hydrogens (tertiary/aromatic N) is 2. The molecule has 0 aliphatic carbocycles. The molecule has 1 aromatic rings. The van der Waals surface area contributed by atoms with Crippen LogP contribution in [-0.2, 0) is 11.2 Å². The molecule has 0 saturated carbocycles. The van der Waals surface area contributed by atoms with Crippen molar-refractivity contribution in [3.63, 3.8) is 0 Å². The van der Waals surface area contributed by atoms with E-state index in [1.165, 1.54) is 6.07 Å². The second-order valence-corrected chi connectivity index (χ2v) is 8.21. The number of benzene rings is 1. The van der Waals surface area contributed by atoms with Gasteiger partial charge in [-0.15, -0.1) is 0 Å². The molecular weight excluding hydrogens is 375 g/mol. The molecule has 24 heavy (non-hydrogen) atoms. The minimum atomic E-state index is -0.477. The van der Waals surface area contributed by atoms with Crippen LogP contribution in [0.25, 0.3) is 0 Å². The van der Waals surface area contributed by atoms with Crippen molar-refractivity contribution >= 4 is 22.0 Å². The molecule has 1 aliphatic heterocycles. The Labute approximate surface area is 152 Å². The number of hydrogen-bond donors (Lipinski definition) is 0. The molecule has 0 spiro atoms. The molecule has 0 bridgehead atoms. The summed E-state index contributed by atoms with van der Waals surface area (Å²) in [6.45, 7) is 10.5. The van der Waals surface area contributed by atoms with Crippen LogP contribution in [-0.4, -0.2) is 53.7 Å². The van der Waals surface area contributed by atoms with E-state index in [4.69, 9.17) is 4.74 Å². The molecule has 0 unspecified atom stereocenters. The summed E-state index contributed by atoms with van der Waals surface area (Å²) >= 11 is 3.38. The van der Waals surface area contributed by atoms with E-state index in [0.29, 0.717) is 25.1 Å². The van der Waals surface area contributed by atoms with E-state index in [1.807, 2.05) is 26.8 Å². The summed E-state index contributed by atoms with van der Waals surface area (Å²) < 4.78 is 20.2. The van der Waals surface area contributed by atoms with Gasteiger partial charge in [-0.2, -0.15) is 0 Å². The lowest BCUT2D eigenvalue weighted by molar-refractivity contribution is 0.00596. The largest absolute Gasteiger partial charge is 0.444 e. The topological polar surface area (TPSA) is 32.8 Å². The van der Waals surface area contributed by atoms with E-state index < -0.39 is 5.60 Å². The number of carbonyl (C=O) groups excluding carboxylic acids is 1. The summed E-state index contributed by atoms with van der Waals surface area (Å²) in [4.78, 5) is 16.2. The minimum absolute atomic E-state index is 0.168. The van der Waals surface area contributed by atoms with Gasteiger partial charge in [0.15, 0.2) is 0 Å². The molecule has 0 radical (unpaired) electrons. The maximum Gasteiger partial charge on any atom is 0.410 e. The van der Waals surface area contributed by atoms with Crippen LogP contribution >= 0.6 is 15.9 Å². The van der Waals surface area contributed by atoms with Crippen LogP contribution in [0.4, 0.5) is 9.18 Å². The predicted octanol–water partition coefficient (Wildman–Crippen LogP) is 4.07. The van der Waals surface area contributed by atoms with Crippen LogP contribution < -0.4 is 0 Å². The van der Waals surface area contributed by atoms with Gasteiger partial charge in [0.1, 0.15) is 11.4 Å². The first-order valence-electron chi connectivity index (χ1n) is 8.31. The SMILES string of the molecule is C[C@H]1CN(C(=O)OC(C)(C)C)CCN1CCc1cc(Br)ccc1F. The molecule has 2 rings (SSSR count). The molecule has 1 aliphatic rings. The lowest BCUT2D eigenvalue weighted by Gasteiger charge is -2.40. The van der Waals surface area contributed by atoms with Crippen molar-refractivity contribution in [2.45, 2.75) is 45.8 Å². The third kappa shape index (κ3) is 5.45. The fraction of sp³-hybridized carbons (Fsp3) is 0.611. The second-order valence-electron chi connectivity index (χ2n) is 7.30. The van der Waals surface area contributed by atoms with Crippen molar-refractivity contribution in [2.24, 2.45) is 0 Å². The zero-order valence-corrected chi connectivity index (χ0v) is 16.4. The average molecular weight is 401 g/mol. The summed E-state index contributed by atoms with van der Waals surface area (Å²) in [7, 11) is 0. The first-order valence-corrected chi connectivity index (χ1v) is 9.11. The lowest BCUT2D eigenvalue weighted by atomic mass is 10.1. The first kappa shape index (κ1) is 19.2. The summed E-state index contributed by atoms with van der Waals surface area (Å²) in [5.74, 6) is -0.168. The number of ether oxygens (including phenoxy) is 1. The Kier molecular flexibility index (Phi) is 6.26. The van der Waals surface area contributed by atoms with E-state index in [0.717, 1.165) is 17.6 Å². The Morgan fingerprint density at radius 3 is 2.71 bits per heavy atom. The zero-order valence-electron chi connectivity index (χ0n) is 14.8. The molecular formula is C18H26BrFN2O2. The Morgan fingerprint density at radius 2 is 2.08 bits per heavy atom. The highest BCUT2D eigenvalue weighted by atomic mass is 79.9. The average Bonchev–Trinajstić information content (AvgIpc) is 2.47. The Hall–Kier alpha value is -1.14. The molecule has 1 heterocycles. The van der Waals surface area contributed by atoms with Crippen molar-refractivity contribution < 1.29 is 13.9 Å². The van der Waals surface area contributed by atoms with Crippen LogP contribution in [0.1, 0.15) is 33.3 Å². The molecule has 1 saturated heterocycles. The molecule has 0 N–H and O–H groups in total. The van der Waals surface area contributed by atoms with Crippen molar-refractivity contribution in [3.8, 4) is 0 Å². The molecule has 6 heteroatoms. The van der Waals surface area contributed by atoms with Crippen LogP contribution in [0.3, 0.4) is 0 Å². The molecule has 4 nitrogen and oxygen atoms in total. The van der Waals surface area contributed by atoms with Crippen LogP contribution in [0, 0.1) is 5.82 Å². The highest BCUT2D eigenvalue weighted by molar-refractivity contribution is 9.10. The second kappa shape index (κ2) is 7.83. The van der Waals surface area contributed by atoms with Gasteiger partial charge in [0.25, 0.3) is 0 Å². The number of piperazine rings is 1. The third-order valence-electron chi connectivity index (χ3n) is 4.09. The van der Waals surface area contributed by atoms with Crippen LogP contribution in [0.5, 0.6) is 0 Å². The maximum atomic E-state index is 13.8. The van der Waals surface area contributed by atoms with Gasteiger partial charge in [0.2, 0.25) is 0 Å². The minimum Gasteiger partial charge on any atom is -0.444 e. The lowest BCUT2D eigenvalue weighted by Crippen LogP contribution is -2.54. The van der Waals surface area contributed by atoms with Gasteiger partial charge < -0.3 is 9.64 Å². The van der Waals surface area contributed by atoms with Crippen molar-refractivity contribution in [1.82, 2.24) is 9.80 Å². The van der Waals surface area contributed by atoms with Gasteiger partial charge in [0, 0.05) is 36.7 Å². The highest BCUT2D eigenvalue weighted by Gasteiger charge is 2.29. The number of rotatable bonds is 3. The normalized spacial score (nSPS) is 19.4. The maximum absolute atomic E-state index is 13.8. The third-order valence-corrected chi connectivity index (χ3v) is 4.59. The predicted molar refractivity (Wildman–Crippen MR) is 96.6 cm³/mol. The van der Waals surface area contributed by atoms with E-state index in [2.05, 4.69) is 27.8 Å². The molecule has 1 amide bonds. The van der Waals surface area contributed by atoms with E-state index >= 15 is 0 Å². The van der Waals surface area contributed by atoms with Crippen LogP contribution in [0.2, 0.25) is 0 Å². The van der Waals surface area contributed by atoms with Gasteiger partial charge in [-0.3, -0.25) is 4.90 Å². The molecule has 1 fully saturated rings.